The predicted molar refractivity (Wildman–Crippen MR) is 92.4 cm³/mol. The third-order valence-corrected chi connectivity index (χ3v) is 4.18. The molecule has 2 heterocycles. The minimum Gasteiger partial charge on any atom is -0.478 e. The van der Waals surface area contributed by atoms with Crippen molar-refractivity contribution in [3.8, 4) is 0 Å². The van der Waals surface area contributed by atoms with Crippen LogP contribution in [0.4, 0.5) is 11.8 Å². The molecule has 1 aliphatic rings. The molecule has 0 spiro atoms. The van der Waals surface area contributed by atoms with E-state index in [0.717, 1.165) is 39.0 Å². The summed E-state index contributed by atoms with van der Waals surface area (Å²) in [5, 5.41) is 9.95. The molecule has 3 rings (SSSR count). The number of benzene rings is 1. The Morgan fingerprint density at radius 3 is 3.04 bits per heavy atom. The number of fused-ring (bicyclic) bond motifs is 1. The second-order valence-corrected chi connectivity index (χ2v) is 6.02. The van der Waals surface area contributed by atoms with Crippen molar-refractivity contribution >= 4 is 28.6 Å². The molecule has 0 bridgehead atoms. The summed E-state index contributed by atoms with van der Waals surface area (Å²) in [5.41, 5.74) is 6.72. The monoisotopic (exact) mass is 330 g/mol. The third-order valence-electron chi connectivity index (χ3n) is 4.18. The smallest absolute Gasteiger partial charge is 0.335 e. The molecular formula is C17H22N4O3. The van der Waals surface area contributed by atoms with Crippen molar-refractivity contribution in [2.45, 2.75) is 32.3 Å². The molecule has 1 fully saturated rings. The van der Waals surface area contributed by atoms with Crippen LogP contribution in [0.25, 0.3) is 10.9 Å². The molecule has 7 nitrogen and oxygen atoms in total. The van der Waals surface area contributed by atoms with Gasteiger partial charge in [-0.1, -0.05) is 6.92 Å². The number of ether oxygens (including phenoxy) is 1. The summed E-state index contributed by atoms with van der Waals surface area (Å²) in [4.78, 5) is 22.0. The molecule has 24 heavy (non-hydrogen) atoms. The number of nitrogen functional groups attached to an aromatic ring is 1. The van der Waals surface area contributed by atoms with Gasteiger partial charge in [-0.25, -0.2) is 9.78 Å². The van der Waals surface area contributed by atoms with Crippen molar-refractivity contribution < 1.29 is 14.6 Å². The number of piperidine rings is 1. The number of aromatic carboxylic acids is 1. The lowest BCUT2D eigenvalue weighted by Gasteiger charge is -2.34. The molecular weight excluding hydrogens is 308 g/mol. The number of rotatable bonds is 5. The molecule has 1 saturated heterocycles. The van der Waals surface area contributed by atoms with Gasteiger partial charge in [0.1, 0.15) is 5.82 Å². The van der Waals surface area contributed by atoms with Gasteiger partial charge in [-0.05, 0) is 37.5 Å². The Bertz CT molecular complexity index is 750. The van der Waals surface area contributed by atoms with Crippen LogP contribution in [0, 0.1) is 0 Å². The van der Waals surface area contributed by atoms with Crippen LogP contribution in [0.5, 0.6) is 0 Å². The fraction of sp³-hybridized carbons (Fsp3) is 0.471. The van der Waals surface area contributed by atoms with Gasteiger partial charge >= 0.3 is 5.97 Å². The average molecular weight is 330 g/mol. The number of aromatic nitrogens is 2. The summed E-state index contributed by atoms with van der Waals surface area (Å²) in [5.74, 6) is -0.0925. The highest BCUT2D eigenvalue weighted by molar-refractivity contribution is 5.97. The number of carboxylic acid groups (broad SMARTS) is 1. The van der Waals surface area contributed by atoms with E-state index >= 15 is 0 Å². The molecule has 1 atom stereocenters. The lowest BCUT2D eigenvalue weighted by Crippen LogP contribution is -2.40. The van der Waals surface area contributed by atoms with Gasteiger partial charge in [0.15, 0.2) is 0 Å². The molecule has 0 aliphatic carbocycles. The zero-order chi connectivity index (χ0) is 17.1. The first-order valence-corrected chi connectivity index (χ1v) is 8.25. The van der Waals surface area contributed by atoms with Gasteiger partial charge in [0, 0.05) is 25.1 Å². The van der Waals surface area contributed by atoms with Crippen LogP contribution in [0.15, 0.2) is 18.2 Å². The largest absolute Gasteiger partial charge is 0.478 e. The first-order chi connectivity index (χ1) is 11.6. The second-order valence-electron chi connectivity index (χ2n) is 6.02. The van der Waals surface area contributed by atoms with Crippen LogP contribution in [-0.2, 0) is 4.74 Å². The van der Waals surface area contributed by atoms with E-state index in [0.29, 0.717) is 16.7 Å². The van der Waals surface area contributed by atoms with Crippen LogP contribution in [-0.4, -0.2) is 46.8 Å². The maximum atomic E-state index is 11.3. The van der Waals surface area contributed by atoms with Crippen molar-refractivity contribution in [3.05, 3.63) is 23.8 Å². The Morgan fingerprint density at radius 2 is 2.29 bits per heavy atom. The topological polar surface area (TPSA) is 102 Å². The Kier molecular flexibility index (Phi) is 4.80. The van der Waals surface area contributed by atoms with Gasteiger partial charge < -0.3 is 20.5 Å². The molecule has 1 aliphatic heterocycles. The van der Waals surface area contributed by atoms with E-state index in [1.54, 1.807) is 12.1 Å². The number of carbonyl (C=O) groups is 1. The van der Waals surface area contributed by atoms with E-state index in [9.17, 15) is 9.90 Å². The highest BCUT2D eigenvalue weighted by Crippen LogP contribution is 2.28. The number of anilines is 2. The van der Waals surface area contributed by atoms with Crippen LogP contribution in [0.1, 0.15) is 36.5 Å². The normalized spacial score (nSPS) is 18.0. The van der Waals surface area contributed by atoms with Crippen molar-refractivity contribution in [1.82, 2.24) is 9.97 Å². The average Bonchev–Trinajstić information content (AvgIpc) is 2.59. The second kappa shape index (κ2) is 7.00. The molecule has 0 amide bonds. The fourth-order valence-electron chi connectivity index (χ4n) is 3.05. The maximum Gasteiger partial charge on any atom is 0.335 e. The molecule has 0 radical (unpaired) electrons. The van der Waals surface area contributed by atoms with Gasteiger partial charge in [0.05, 0.1) is 17.2 Å². The summed E-state index contributed by atoms with van der Waals surface area (Å²) in [6, 6.07) is 4.82. The molecule has 3 N–H and O–H groups in total. The summed E-state index contributed by atoms with van der Waals surface area (Å²) >= 11 is 0. The van der Waals surface area contributed by atoms with Crippen molar-refractivity contribution in [1.29, 1.82) is 0 Å². The molecule has 1 unspecified atom stereocenters. The summed E-state index contributed by atoms with van der Waals surface area (Å²) < 4.78 is 5.88. The van der Waals surface area contributed by atoms with Crippen molar-refractivity contribution in [2.75, 3.05) is 30.3 Å². The van der Waals surface area contributed by atoms with Crippen molar-refractivity contribution in [2.24, 2.45) is 0 Å². The highest BCUT2D eigenvalue weighted by atomic mass is 16.5. The number of hydrogen-bond donors (Lipinski definition) is 2. The summed E-state index contributed by atoms with van der Waals surface area (Å²) in [7, 11) is 0. The van der Waals surface area contributed by atoms with Crippen LogP contribution >= 0.6 is 0 Å². The minimum absolute atomic E-state index is 0.160. The Balaban J connectivity index is 1.97. The number of nitrogens with two attached hydrogens (primary N) is 1. The van der Waals surface area contributed by atoms with E-state index in [2.05, 4.69) is 21.8 Å². The standard InChI is InChI=1S/C17H22N4O3/c1-2-8-24-12-4-3-7-21(10-12)15-13-9-11(16(22)23)5-6-14(13)19-17(18)20-15/h5-6,9,12H,2-4,7-8,10H2,1H3,(H,22,23)(H2,18,19,20). The predicted octanol–water partition coefficient (Wildman–Crippen LogP) is 2.31. The number of carboxylic acids is 1. The van der Waals surface area contributed by atoms with E-state index < -0.39 is 5.97 Å². The molecule has 2 aromatic rings. The number of nitrogens with zero attached hydrogens (tertiary/aromatic N) is 3. The lowest BCUT2D eigenvalue weighted by molar-refractivity contribution is 0.0439. The highest BCUT2D eigenvalue weighted by Gasteiger charge is 2.23. The van der Waals surface area contributed by atoms with Gasteiger partial charge in [-0.2, -0.15) is 4.98 Å². The van der Waals surface area contributed by atoms with E-state index in [1.165, 1.54) is 6.07 Å². The molecule has 1 aromatic heterocycles. The first kappa shape index (κ1) is 16.4. The van der Waals surface area contributed by atoms with E-state index in [4.69, 9.17) is 10.5 Å². The van der Waals surface area contributed by atoms with Crippen LogP contribution < -0.4 is 10.6 Å². The number of hydrogen-bond acceptors (Lipinski definition) is 6. The molecule has 0 saturated carbocycles. The van der Waals surface area contributed by atoms with Gasteiger partial charge in [0.2, 0.25) is 5.95 Å². The minimum atomic E-state index is -0.970. The van der Waals surface area contributed by atoms with Gasteiger partial charge in [-0.3, -0.25) is 0 Å². The van der Waals surface area contributed by atoms with Gasteiger partial charge in [-0.15, -0.1) is 0 Å². The maximum absolute atomic E-state index is 11.3. The van der Waals surface area contributed by atoms with Gasteiger partial charge in [0.25, 0.3) is 0 Å². The van der Waals surface area contributed by atoms with E-state index in [-0.39, 0.29) is 17.6 Å². The Morgan fingerprint density at radius 1 is 1.46 bits per heavy atom. The summed E-state index contributed by atoms with van der Waals surface area (Å²) in [6.45, 7) is 4.40. The summed E-state index contributed by atoms with van der Waals surface area (Å²) in [6.07, 6.45) is 3.17. The van der Waals surface area contributed by atoms with Crippen LogP contribution in [0.2, 0.25) is 0 Å². The fourth-order valence-corrected chi connectivity index (χ4v) is 3.05. The Hall–Kier alpha value is -2.41. The SMILES string of the molecule is CCCOC1CCCN(c2nc(N)nc3ccc(C(=O)O)cc23)C1. The first-order valence-electron chi connectivity index (χ1n) is 8.25. The zero-order valence-corrected chi connectivity index (χ0v) is 13.7. The zero-order valence-electron chi connectivity index (χ0n) is 13.7. The van der Waals surface area contributed by atoms with E-state index in [1.807, 2.05) is 0 Å². The molecule has 7 heteroatoms. The Labute approximate surface area is 140 Å². The third kappa shape index (κ3) is 3.41. The van der Waals surface area contributed by atoms with Crippen molar-refractivity contribution in [3.63, 3.8) is 0 Å². The lowest BCUT2D eigenvalue weighted by atomic mass is 10.1. The quantitative estimate of drug-likeness (QED) is 0.867. The van der Waals surface area contributed by atoms with Crippen LogP contribution in [0.3, 0.4) is 0 Å². The molecule has 128 valence electrons. The molecule has 1 aromatic carbocycles.